The van der Waals surface area contributed by atoms with Gasteiger partial charge in [0.2, 0.25) is 0 Å². The molecule has 2 N–H and O–H groups in total. The lowest BCUT2D eigenvalue weighted by Crippen LogP contribution is -2.05. The molecular weight excluding hydrogens is 289 g/mol. The molecule has 0 saturated heterocycles. The summed E-state index contributed by atoms with van der Waals surface area (Å²) in [6, 6.07) is 8.42. The van der Waals surface area contributed by atoms with Crippen molar-refractivity contribution in [3.63, 3.8) is 0 Å². The van der Waals surface area contributed by atoms with Gasteiger partial charge in [-0.15, -0.1) is 0 Å². The molecule has 0 radical (unpaired) electrons. The second-order valence-electron chi connectivity index (χ2n) is 5.12. The molecule has 0 aliphatic heterocycles. The summed E-state index contributed by atoms with van der Waals surface area (Å²) in [6.07, 6.45) is 0.845. The Balaban J connectivity index is 2.18. The van der Waals surface area contributed by atoms with Crippen LogP contribution in [0.4, 0.5) is 4.39 Å². The van der Waals surface area contributed by atoms with E-state index < -0.39 is 0 Å². The Morgan fingerprint density at radius 1 is 1.14 bits per heavy atom. The van der Waals surface area contributed by atoms with Crippen LogP contribution in [0.1, 0.15) is 22.3 Å². The van der Waals surface area contributed by atoms with E-state index in [4.69, 9.17) is 22.1 Å². The van der Waals surface area contributed by atoms with Crippen LogP contribution in [0.3, 0.4) is 0 Å². The third kappa shape index (κ3) is 3.96. The number of ether oxygens (including phenoxy) is 1. The van der Waals surface area contributed by atoms with Crippen molar-refractivity contribution in [3.05, 3.63) is 63.4 Å². The first kappa shape index (κ1) is 15.8. The van der Waals surface area contributed by atoms with Crippen molar-refractivity contribution in [3.8, 4) is 5.75 Å². The number of benzene rings is 2. The van der Waals surface area contributed by atoms with E-state index in [0.717, 1.165) is 23.3 Å². The summed E-state index contributed by atoms with van der Waals surface area (Å²) in [5.41, 5.74) is 9.52. The van der Waals surface area contributed by atoms with E-state index >= 15 is 0 Å². The highest BCUT2D eigenvalue weighted by atomic mass is 35.5. The van der Waals surface area contributed by atoms with E-state index in [1.54, 1.807) is 6.07 Å². The third-order valence-electron chi connectivity index (χ3n) is 3.33. The van der Waals surface area contributed by atoms with Crippen LogP contribution in [0.2, 0.25) is 5.02 Å². The van der Waals surface area contributed by atoms with Crippen molar-refractivity contribution in [2.24, 2.45) is 5.73 Å². The molecule has 4 heteroatoms. The number of hydrogen-bond donors (Lipinski definition) is 1. The molecule has 2 aromatic rings. The number of hydrogen-bond acceptors (Lipinski definition) is 2. The average molecular weight is 308 g/mol. The standard InChI is InChI=1S/C17H19ClFNO/c1-11-7-13(5-6-20)8-12(2)17(11)21-10-14-9-15(19)3-4-16(14)18/h3-4,7-9H,5-6,10,20H2,1-2H3. The predicted octanol–water partition coefficient (Wildman–Crippen LogP) is 4.18. The Bertz CT molecular complexity index is 620. The monoisotopic (exact) mass is 307 g/mol. The first-order chi connectivity index (χ1) is 10.0. The van der Waals surface area contributed by atoms with E-state index in [2.05, 4.69) is 12.1 Å². The van der Waals surface area contributed by atoms with Gasteiger partial charge >= 0.3 is 0 Å². The zero-order valence-electron chi connectivity index (χ0n) is 12.2. The molecule has 2 rings (SSSR count). The Morgan fingerprint density at radius 3 is 2.43 bits per heavy atom. The van der Waals surface area contributed by atoms with Crippen LogP contribution in [0, 0.1) is 19.7 Å². The molecule has 0 amide bonds. The average Bonchev–Trinajstić information content (AvgIpc) is 2.42. The fourth-order valence-electron chi connectivity index (χ4n) is 2.38. The smallest absolute Gasteiger partial charge is 0.125 e. The molecule has 0 saturated carbocycles. The number of nitrogens with two attached hydrogens (primary N) is 1. The lowest BCUT2D eigenvalue weighted by molar-refractivity contribution is 0.301. The summed E-state index contributed by atoms with van der Waals surface area (Å²) in [5, 5.41) is 0.506. The summed E-state index contributed by atoms with van der Waals surface area (Å²) in [4.78, 5) is 0. The molecule has 0 fully saturated rings. The van der Waals surface area contributed by atoms with Gasteiger partial charge in [-0.1, -0.05) is 23.7 Å². The predicted molar refractivity (Wildman–Crippen MR) is 84.4 cm³/mol. The molecule has 2 aromatic carbocycles. The Hall–Kier alpha value is -1.58. The molecule has 2 nitrogen and oxygen atoms in total. The van der Waals surface area contributed by atoms with Crippen LogP contribution in [0.15, 0.2) is 30.3 Å². The lowest BCUT2D eigenvalue weighted by atomic mass is 10.0. The molecule has 0 bridgehead atoms. The minimum atomic E-state index is -0.315. The van der Waals surface area contributed by atoms with Crippen molar-refractivity contribution >= 4 is 11.6 Å². The molecule has 0 spiro atoms. The highest BCUT2D eigenvalue weighted by Crippen LogP contribution is 2.27. The van der Waals surface area contributed by atoms with Crippen LogP contribution in [-0.4, -0.2) is 6.54 Å². The molecule has 0 aliphatic carbocycles. The minimum Gasteiger partial charge on any atom is -0.488 e. The molecular formula is C17H19ClFNO. The fraction of sp³-hybridized carbons (Fsp3) is 0.294. The van der Waals surface area contributed by atoms with Gasteiger partial charge < -0.3 is 10.5 Å². The van der Waals surface area contributed by atoms with E-state index in [9.17, 15) is 4.39 Å². The van der Waals surface area contributed by atoms with Crippen LogP contribution >= 0.6 is 11.6 Å². The second kappa shape index (κ2) is 6.92. The van der Waals surface area contributed by atoms with Gasteiger partial charge in [0.25, 0.3) is 0 Å². The first-order valence-electron chi connectivity index (χ1n) is 6.88. The second-order valence-corrected chi connectivity index (χ2v) is 5.53. The number of halogens is 2. The first-order valence-corrected chi connectivity index (χ1v) is 7.26. The summed E-state index contributed by atoms with van der Waals surface area (Å²) < 4.78 is 19.1. The Kier molecular flexibility index (Phi) is 5.21. The maximum absolute atomic E-state index is 13.2. The highest BCUT2D eigenvalue weighted by Gasteiger charge is 2.09. The zero-order chi connectivity index (χ0) is 15.4. The zero-order valence-corrected chi connectivity index (χ0v) is 13.0. The van der Waals surface area contributed by atoms with E-state index in [1.165, 1.54) is 17.7 Å². The quantitative estimate of drug-likeness (QED) is 0.899. The Morgan fingerprint density at radius 2 is 1.81 bits per heavy atom. The molecule has 0 atom stereocenters. The van der Waals surface area contributed by atoms with Crippen molar-refractivity contribution in [2.75, 3.05) is 6.54 Å². The molecule has 0 heterocycles. The summed E-state index contributed by atoms with van der Waals surface area (Å²) in [6.45, 7) is 4.86. The van der Waals surface area contributed by atoms with Gasteiger partial charge in [-0.05, 0) is 61.7 Å². The van der Waals surface area contributed by atoms with E-state index in [0.29, 0.717) is 17.1 Å². The van der Waals surface area contributed by atoms with Crippen molar-refractivity contribution in [1.82, 2.24) is 0 Å². The number of aryl methyl sites for hydroxylation is 2. The fourth-order valence-corrected chi connectivity index (χ4v) is 2.55. The van der Waals surface area contributed by atoms with E-state index in [-0.39, 0.29) is 12.4 Å². The van der Waals surface area contributed by atoms with Crippen LogP contribution in [0.5, 0.6) is 5.75 Å². The minimum absolute atomic E-state index is 0.245. The molecule has 112 valence electrons. The molecule has 0 unspecified atom stereocenters. The van der Waals surface area contributed by atoms with Crippen molar-refractivity contribution in [1.29, 1.82) is 0 Å². The molecule has 21 heavy (non-hydrogen) atoms. The highest BCUT2D eigenvalue weighted by molar-refractivity contribution is 6.31. The van der Waals surface area contributed by atoms with Gasteiger partial charge in [0.05, 0.1) is 0 Å². The summed E-state index contributed by atoms with van der Waals surface area (Å²) in [7, 11) is 0. The maximum atomic E-state index is 13.2. The van der Waals surface area contributed by atoms with Gasteiger partial charge in [0, 0.05) is 10.6 Å². The van der Waals surface area contributed by atoms with Gasteiger partial charge in [-0.25, -0.2) is 4.39 Å². The summed E-state index contributed by atoms with van der Waals surface area (Å²) >= 11 is 6.05. The normalized spacial score (nSPS) is 10.7. The van der Waals surface area contributed by atoms with E-state index in [1.807, 2.05) is 13.8 Å². The number of rotatable bonds is 5. The van der Waals surface area contributed by atoms with Gasteiger partial charge in [0.15, 0.2) is 0 Å². The molecule has 0 aromatic heterocycles. The Labute approximate surface area is 129 Å². The van der Waals surface area contributed by atoms with Gasteiger partial charge in [-0.3, -0.25) is 0 Å². The van der Waals surface area contributed by atoms with Crippen molar-refractivity contribution < 1.29 is 9.13 Å². The van der Waals surface area contributed by atoms with Crippen molar-refractivity contribution in [2.45, 2.75) is 26.9 Å². The van der Waals surface area contributed by atoms with Gasteiger partial charge in [-0.2, -0.15) is 0 Å². The molecule has 0 aliphatic rings. The van der Waals surface area contributed by atoms with Gasteiger partial charge in [0.1, 0.15) is 18.2 Å². The topological polar surface area (TPSA) is 35.2 Å². The maximum Gasteiger partial charge on any atom is 0.125 e. The lowest BCUT2D eigenvalue weighted by Gasteiger charge is -2.14. The third-order valence-corrected chi connectivity index (χ3v) is 3.70. The summed E-state index contributed by atoms with van der Waals surface area (Å²) in [5.74, 6) is 0.501. The SMILES string of the molecule is Cc1cc(CCN)cc(C)c1OCc1cc(F)ccc1Cl. The van der Waals surface area contributed by atoms with Crippen LogP contribution in [0.25, 0.3) is 0 Å². The van der Waals surface area contributed by atoms with Crippen LogP contribution in [-0.2, 0) is 13.0 Å². The largest absolute Gasteiger partial charge is 0.488 e. The van der Waals surface area contributed by atoms with Crippen LogP contribution < -0.4 is 10.5 Å².